The lowest BCUT2D eigenvalue weighted by atomic mass is 10.0. The number of carbonyl (C=O) groups excluding carboxylic acids is 1. The molecule has 0 fully saturated rings. The van der Waals surface area contributed by atoms with E-state index in [0.29, 0.717) is 24.6 Å². The number of nitrogens with zero attached hydrogens (tertiary/aromatic N) is 2. The van der Waals surface area contributed by atoms with E-state index in [2.05, 4.69) is 5.10 Å². The number of carbonyl (C=O) groups is 1. The number of benzene rings is 1. The molecule has 0 N–H and O–H groups in total. The van der Waals surface area contributed by atoms with E-state index in [0.717, 1.165) is 10.9 Å². The van der Waals surface area contributed by atoms with Crippen molar-refractivity contribution in [1.82, 2.24) is 9.78 Å². The first-order valence-corrected chi connectivity index (χ1v) is 6.09. The maximum atomic E-state index is 12.1. The Morgan fingerprint density at radius 1 is 1.39 bits per heavy atom. The summed E-state index contributed by atoms with van der Waals surface area (Å²) >= 11 is 0. The fraction of sp³-hybridized carbons (Fsp3) is 0.357. The molecule has 0 spiro atoms. The molecule has 0 aliphatic rings. The largest absolute Gasteiger partial charge is 0.300 e. The molecule has 0 amide bonds. The fourth-order valence-electron chi connectivity index (χ4n) is 2.01. The average molecular weight is 244 g/mol. The van der Waals surface area contributed by atoms with Crippen molar-refractivity contribution < 1.29 is 4.79 Å². The van der Waals surface area contributed by atoms with Crippen LogP contribution in [0.3, 0.4) is 0 Å². The molecule has 4 nitrogen and oxygen atoms in total. The zero-order chi connectivity index (χ0) is 13.1. The van der Waals surface area contributed by atoms with E-state index in [-0.39, 0.29) is 11.3 Å². The van der Waals surface area contributed by atoms with Crippen LogP contribution in [-0.2, 0) is 18.3 Å². The highest BCUT2D eigenvalue weighted by atomic mass is 16.1. The number of aryl methyl sites for hydroxylation is 2. The van der Waals surface area contributed by atoms with E-state index in [1.54, 1.807) is 13.2 Å². The second-order valence-electron chi connectivity index (χ2n) is 4.35. The third-order valence-corrected chi connectivity index (χ3v) is 3.13. The topological polar surface area (TPSA) is 52.0 Å². The summed E-state index contributed by atoms with van der Waals surface area (Å²) in [6, 6.07) is 5.68. The predicted molar refractivity (Wildman–Crippen MR) is 70.6 cm³/mol. The van der Waals surface area contributed by atoms with Gasteiger partial charge in [0.05, 0.1) is 11.6 Å². The molecule has 0 bridgehead atoms. The molecule has 1 aromatic heterocycles. The quantitative estimate of drug-likeness (QED) is 0.824. The lowest BCUT2D eigenvalue weighted by Gasteiger charge is -2.06. The summed E-state index contributed by atoms with van der Waals surface area (Å²) < 4.78 is 1.33. The minimum atomic E-state index is -0.105. The molecule has 1 aromatic carbocycles. The lowest BCUT2D eigenvalue weighted by molar-refractivity contribution is -0.118. The summed E-state index contributed by atoms with van der Waals surface area (Å²) in [5, 5.41) is 5.51. The Kier molecular flexibility index (Phi) is 3.55. The van der Waals surface area contributed by atoms with Gasteiger partial charge in [0.1, 0.15) is 5.78 Å². The van der Waals surface area contributed by atoms with Crippen LogP contribution in [0.25, 0.3) is 10.8 Å². The molecule has 94 valence electrons. The zero-order valence-corrected chi connectivity index (χ0v) is 10.6. The minimum Gasteiger partial charge on any atom is -0.300 e. The maximum absolute atomic E-state index is 12.1. The number of ketones is 1. The van der Waals surface area contributed by atoms with Crippen molar-refractivity contribution in [2.75, 3.05) is 0 Å². The SMILES string of the molecule is CCC(=O)CCc1cccc2cnn(C)c(=O)c12. The first-order chi connectivity index (χ1) is 8.63. The van der Waals surface area contributed by atoms with Gasteiger partial charge >= 0.3 is 0 Å². The van der Waals surface area contributed by atoms with Crippen molar-refractivity contribution in [2.24, 2.45) is 7.05 Å². The monoisotopic (exact) mass is 244 g/mol. The van der Waals surface area contributed by atoms with E-state index in [1.807, 2.05) is 25.1 Å². The number of rotatable bonds is 4. The third kappa shape index (κ3) is 2.32. The highest BCUT2D eigenvalue weighted by Gasteiger charge is 2.08. The summed E-state index contributed by atoms with van der Waals surface area (Å²) in [5.74, 6) is 0.220. The summed E-state index contributed by atoms with van der Waals surface area (Å²) in [7, 11) is 1.63. The van der Waals surface area contributed by atoms with Gasteiger partial charge in [0.25, 0.3) is 5.56 Å². The molecule has 18 heavy (non-hydrogen) atoms. The summed E-state index contributed by atoms with van der Waals surface area (Å²) in [4.78, 5) is 23.5. The molecule has 0 aliphatic heterocycles. The van der Waals surface area contributed by atoms with Crippen LogP contribution >= 0.6 is 0 Å². The Hall–Kier alpha value is -1.97. The normalized spacial score (nSPS) is 10.8. The molecular weight excluding hydrogens is 228 g/mol. The van der Waals surface area contributed by atoms with Gasteiger partial charge < -0.3 is 0 Å². The van der Waals surface area contributed by atoms with Gasteiger partial charge in [-0.25, -0.2) is 4.68 Å². The van der Waals surface area contributed by atoms with Crippen LogP contribution in [0.15, 0.2) is 29.2 Å². The van der Waals surface area contributed by atoms with Crippen molar-refractivity contribution in [3.8, 4) is 0 Å². The standard InChI is InChI=1S/C14H16N2O2/c1-3-12(17)8-7-10-5-4-6-11-9-15-16(2)14(18)13(10)11/h4-6,9H,3,7-8H2,1-2H3. The van der Waals surface area contributed by atoms with Crippen LogP contribution in [-0.4, -0.2) is 15.6 Å². The Balaban J connectivity index is 2.47. The van der Waals surface area contributed by atoms with Gasteiger partial charge in [-0.15, -0.1) is 0 Å². The molecule has 0 radical (unpaired) electrons. The van der Waals surface area contributed by atoms with Gasteiger partial charge in [-0.3, -0.25) is 9.59 Å². The van der Waals surface area contributed by atoms with Crippen LogP contribution in [0.2, 0.25) is 0 Å². The van der Waals surface area contributed by atoms with Gasteiger partial charge in [-0.2, -0.15) is 5.10 Å². The summed E-state index contributed by atoms with van der Waals surface area (Å²) in [6.07, 6.45) is 3.33. The molecule has 0 saturated carbocycles. The molecule has 2 rings (SSSR count). The molecule has 1 heterocycles. The van der Waals surface area contributed by atoms with Crippen LogP contribution in [0, 0.1) is 0 Å². The van der Waals surface area contributed by atoms with Crippen molar-refractivity contribution >= 4 is 16.6 Å². The highest BCUT2D eigenvalue weighted by Crippen LogP contribution is 2.15. The fourth-order valence-corrected chi connectivity index (χ4v) is 2.01. The second kappa shape index (κ2) is 5.12. The van der Waals surface area contributed by atoms with Crippen molar-refractivity contribution in [3.63, 3.8) is 0 Å². The third-order valence-electron chi connectivity index (χ3n) is 3.13. The van der Waals surface area contributed by atoms with Gasteiger partial charge in [-0.05, 0) is 12.0 Å². The number of aromatic nitrogens is 2. The molecule has 0 atom stereocenters. The first-order valence-electron chi connectivity index (χ1n) is 6.09. The minimum absolute atomic E-state index is 0.105. The Bertz CT molecular complexity index is 644. The van der Waals surface area contributed by atoms with Crippen LogP contribution < -0.4 is 5.56 Å². The van der Waals surface area contributed by atoms with Crippen molar-refractivity contribution in [2.45, 2.75) is 26.2 Å². The van der Waals surface area contributed by atoms with Gasteiger partial charge in [0.2, 0.25) is 0 Å². The highest BCUT2D eigenvalue weighted by molar-refractivity contribution is 5.85. The van der Waals surface area contributed by atoms with Crippen LogP contribution in [0.5, 0.6) is 0 Å². The number of Topliss-reactive ketones (excluding diaryl/α,β-unsaturated/α-hetero) is 1. The average Bonchev–Trinajstić information content (AvgIpc) is 2.40. The van der Waals surface area contributed by atoms with Crippen LogP contribution in [0.4, 0.5) is 0 Å². The molecule has 4 heteroatoms. The second-order valence-corrected chi connectivity index (χ2v) is 4.35. The Morgan fingerprint density at radius 2 is 2.17 bits per heavy atom. The molecule has 2 aromatic rings. The summed E-state index contributed by atoms with van der Waals surface area (Å²) in [5.41, 5.74) is 0.823. The van der Waals surface area contributed by atoms with E-state index >= 15 is 0 Å². The van der Waals surface area contributed by atoms with Gasteiger partial charge in [0.15, 0.2) is 0 Å². The first kappa shape index (κ1) is 12.5. The van der Waals surface area contributed by atoms with E-state index in [1.165, 1.54) is 4.68 Å². The number of hydrogen-bond acceptors (Lipinski definition) is 3. The van der Waals surface area contributed by atoms with E-state index in [4.69, 9.17) is 0 Å². The van der Waals surface area contributed by atoms with Gasteiger partial charge in [0, 0.05) is 25.3 Å². The zero-order valence-electron chi connectivity index (χ0n) is 10.6. The van der Waals surface area contributed by atoms with Crippen molar-refractivity contribution in [3.05, 3.63) is 40.3 Å². The Morgan fingerprint density at radius 3 is 2.89 bits per heavy atom. The smallest absolute Gasteiger partial charge is 0.274 e. The number of fused-ring (bicyclic) bond motifs is 1. The molecule has 0 unspecified atom stereocenters. The Labute approximate surface area is 105 Å². The summed E-state index contributed by atoms with van der Waals surface area (Å²) in [6.45, 7) is 1.86. The van der Waals surface area contributed by atoms with E-state index in [9.17, 15) is 9.59 Å². The lowest BCUT2D eigenvalue weighted by Crippen LogP contribution is -2.20. The van der Waals surface area contributed by atoms with E-state index < -0.39 is 0 Å². The van der Waals surface area contributed by atoms with Gasteiger partial charge in [-0.1, -0.05) is 25.1 Å². The number of hydrogen-bond donors (Lipinski definition) is 0. The molecule has 0 saturated heterocycles. The molecular formula is C14H16N2O2. The maximum Gasteiger partial charge on any atom is 0.274 e. The van der Waals surface area contributed by atoms with Crippen molar-refractivity contribution in [1.29, 1.82) is 0 Å². The predicted octanol–water partition coefficient (Wildman–Crippen LogP) is 1.85. The molecule has 0 aliphatic carbocycles. The van der Waals surface area contributed by atoms with Crippen LogP contribution in [0.1, 0.15) is 25.3 Å².